The van der Waals surface area contributed by atoms with Crippen LogP contribution in [0.5, 0.6) is 0 Å². The molecular weight excluding hydrogens is 596 g/mol. The van der Waals surface area contributed by atoms with E-state index in [1.165, 1.54) is 9.80 Å². The molecule has 4 amide bonds. The Kier molecular flexibility index (Phi) is 7.26. The van der Waals surface area contributed by atoms with E-state index in [1.54, 1.807) is 24.3 Å². The van der Waals surface area contributed by atoms with Crippen molar-refractivity contribution in [2.24, 2.45) is 0 Å². The Morgan fingerprint density at radius 1 is 0.354 bits per heavy atom. The van der Waals surface area contributed by atoms with Gasteiger partial charge in [-0.25, -0.2) is 9.80 Å². The number of hydrogen-bond donors (Lipinski definition) is 0. The van der Waals surface area contributed by atoms with Gasteiger partial charge in [0.25, 0.3) is 23.6 Å². The first-order valence-corrected chi connectivity index (χ1v) is 16.7. The second-order valence-corrected chi connectivity index (χ2v) is 17.5. The van der Waals surface area contributed by atoms with E-state index >= 15 is 0 Å². The number of carbonyl (C=O) groups excluding carboxylic acids is 4. The van der Waals surface area contributed by atoms with Crippen LogP contribution in [0, 0.1) is 0 Å². The van der Waals surface area contributed by atoms with E-state index in [2.05, 4.69) is 95.2 Å². The minimum atomic E-state index is -0.475. The second-order valence-electron chi connectivity index (χ2n) is 17.5. The monoisotopic (exact) mass is 642 g/mol. The predicted molar refractivity (Wildman–Crippen MR) is 194 cm³/mol. The molecule has 248 valence electrons. The van der Waals surface area contributed by atoms with Crippen molar-refractivity contribution in [3.8, 4) is 0 Å². The maximum absolute atomic E-state index is 14.3. The van der Waals surface area contributed by atoms with Crippen LogP contribution in [0.2, 0.25) is 0 Å². The first-order chi connectivity index (χ1) is 22.0. The first-order valence-electron chi connectivity index (χ1n) is 16.7. The van der Waals surface area contributed by atoms with Crippen molar-refractivity contribution >= 4 is 45.8 Å². The van der Waals surface area contributed by atoms with Gasteiger partial charge in [-0.15, -0.1) is 0 Å². The van der Waals surface area contributed by atoms with Gasteiger partial charge in [0.1, 0.15) is 0 Å². The molecular formula is C42H46N2O4. The molecule has 2 heterocycles. The van der Waals surface area contributed by atoms with Gasteiger partial charge in [0.15, 0.2) is 0 Å². The summed E-state index contributed by atoms with van der Waals surface area (Å²) < 4.78 is 0. The highest BCUT2D eigenvalue weighted by Crippen LogP contribution is 2.43. The molecule has 0 unspecified atom stereocenters. The molecule has 0 N–H and O–H groups in total. The van der Waals surface area contributed by atoms with Crippen molar-refractivity contribution in [2.75, 3.05) is 9.80 Å². The highest BCUT2D eigenvalue weighted by Gasteiger charge is 2.41. The van der Waals surface area contributed by atoms with Crippen molar-refractivity contribution in [3.05, 3.63) is 105 Å². The lowest BCUT2D eigenvalue weighted by atomic mass is 9.79. The molecule has 0 spiro atoms. The van der Waals surface area contributed by atoms with Gasteiger partial charge in [-0.05, 0) is 92.4 Å². The minimum Gasteiger partial charge on any atom is -0.268 e. The number of nitrogens with zero attached hydrogens (tertiary/aromatic N) is 2. The van der Waals surface area contributed by atoms with Crippen molar-refractivity contribution in [3.63, 3.8) is 0 Å². The Morgan fingerprint density at radius 2 is 0.562 bits per heavy atom. The number of amides is 4. The molecule has 0 aromatic heterocycles. The molecule has 2 aliphatic heterocycles. The Hall–Kier alpha value is -4.58. The topological polar surface area (TPSA) is 74.8 Å². The Bertz CT molecular complexity index is 1810. The lowest BCUT2D eigenvalue weighted by Crippen LogP contribution is -2.43. The quantitative estimate of drug-likeness (QED) is 0.204. The number of rotatable bonds is 2. The third-order valence-electron chi connectivity index (χ3n) is 9.71. The molecule has 48 heavy (non-hydrogen) atoms. The summed E-state index contributed by atoms with van der Waals surface area (Å²) in [5.41, 5.74) is 5.38. The Morgan fingerprint density at radius 3 is 0.750 bits per heavy atom. The van der Waals surface area contributed by atoms with E-state index in [4.69, 9.17) is 0 Å². The van der Waals surface area contributed by atoms with Gasteiger partial charge in [0.05, 0.1) is 11.4 Å². The van der Waals surface area contributed by atoms with Gasteiger partial charge in [0, 0.05) is 33.0 Å². The summed E-state index contributed by atoms with van der Waals surface area (Å²) in [5.74, 6) is -1.90. The molecule has 0 atom stereocenters. The van der Waals surface area contributed by atoms with Gasteiger partial charge < -0.3 is 0 Å². The molecule has 4 aromatic carbocycles. The Balaban J connectivity index is 1.52. The average Bonchev–Trinajstić information content (AvgIpc) is 2.97. The third kappa shape index (κ3) is 5.26. The Labute approximate surface area is 284 Å². The van der Waals surface area contributed by atoms with E-state index in [9.17, 15) is 19.2 Å². The molecule has 0 saturated heterocycles. The molecule has 6 nitrogen and oxygen atoms in total. The third-order valence-corrected chi connectivity index (χ3v) is 9.71. The fourth-order valence-electron chi connectivity index (χ4n) is 6.56. The van der Waals surface area contributed by atoms with E-state index in [0.717, 1.165) is 22.3 Å². The van der Waals surface area contributed by atoms with Gasteiger partial charge in [-0.3, -0.25) is 19.2 Å². The predicted octanol–water partition coefficient (Wildman–Crippen LogP) is 9.63. The molecule has 0 fully saturated rings. The van der Waals surface area contributed by atoms with E-state index in [0.29, 0.717) is 44.4 Å². The van der Waals surface area contributed by atoms with Crippen molar-refractivity contribution in [1.29, 1.82) is 0 Å². The van der Waals surface area contributed by atoms with Crippen molar-refractivity contribution in [1.82, 2.24) is 0 Å². The van der Waals surface area contributed by atoms with E-state index in [-0.39, 0.29) is 21.7 Å². The van der Waals surface area contributed by atoms with Crippen LogP contribution in [0.1, 0.15) is 147 Å². The first kappa shape index (κ1) is 33.3. The molecule has 6 rings (SSSR count). The van der Waals surface area contributed by atoms with Gasteiger partial charge >= 0.3 is 0 Å². The number of benzene rings is 4. The molecule has 4 aromatic rings. The van der Waals surface area contributed by atoms with Crippen LogP contribution in [0.25, 0.3) is 10.8 Å². The zero-order valence-corrected chi connectivity index (χ0v) is 30.3. The lowest BCUT2D eigenvalue weighted by Gasteiger charge is -2.34. The summed E-state index contributed by atoms with van der Waals surface area (Å²) in [6.45, 7) is 25.3. The smallest absolute Gasteiger partial charge is 0.265 e. The maximum Gasteiger partial charge on any atom is 0.265 e. The van der Waals surface area contributed by atoms with Crippen LogP contribution in [0.15, 0.2) is 60.7 Å². The second kappa shape index (κ2) is 10.5. The normalized spacial score (nSPS) is 15.6. The number of anilines is 2. The van der Waals surface area contributed by atoms with Crippen molar-refractivity contribution in [2.45, 2.75) is 105 Å². The van der Waals surface area contributed by atoms with Crippen LogP contribution in [-0.2, 0) is 21.7 Å². The molecule has 0 radical (unpaired) electrons. The van der Waals surface area contributed by atoms with Crippen LogP contribution < -0.4 is 9.80 Å². The summed E-state index contributed by atoms with van der Waals surface area (Å²) in [6, 6.07) is 18.5. The van der Waals surface area contributed by atoms with E-state index < -0.39 is 23.6 Å². The molecule has 0 aliphatic carbocycles. The summed E-state index contributed by atoms with van der Waals surface area (Å²) >= 11 is 0. The zero-order chi connectivity index (χ0) is 35.5. The standard InChI is InChI=1S/C42H46N2O4/c1-39(2,3)23-17-24(40(4,5)6)20-27(19-23)43-35(45)29-13-15-31-34-32(16-14-30(33(29)34)36(43)46)38(48)44(37(31)47)28-21-25(41(7,8)9)18-26(22-28)42(10,11)12/h13-22H,1-12H3. The van der Waals surface area contributed by atoms with Crippen molar-refractivity contribution < 1.29 is 19.2 Å². The highest BCUT2D eigenvalue weighted by molar-refractivity contribution is 6.42. The minimum absolute atomic E-state index is 0.219. The summed E-state index contributed by atoms with van der Waals surface area (Å²) in [4.78, 5) is 59.7. The molecule has 2 aliphatic rings. The summed E-state index contributed by atoms with van der Waals surface area (Å²) in [5, 5.41) is 0.721. The van der Waals surface area contributed by atoms with Crippen LogP contribution in [0.3, 0.4) is 0 Å². The number of imide groups is 2. The fourth-order valence-corrected chi connectivity index (χ4v) is 6.56. The molecule has 0 bridgehead atoms. The maximum atomic E-state index is 14.3. The van der Waals surface area contributed by atoms with Gasteiger partial charge in [0.2, 0.25) is 0 Å². The highest BCUT2D eigenvalue weighted by atomic mass is 16.2. The molecule has 0 saturated carbocycles. The average molecular weight is 643 g/mol. The SMILES string of the molecule is CC(C)(C)c1cc(N2C(=O)c3ccc4c5c(ccc(c35)C2=O)C(=O)N(c2cc(C(C)(C)C)cc(C(C)(C)C)c2)C4=O)cc(C(C)(C)C)c1. The number of carbonyl (C=O) groups is 4. The lowest BCUT2D eigenvalue weighted by molar-refractivity contribution is 0.0873. The van der Waals surface area contributed by atoms with E-state index in [1.807, 2.05) is 24.3 Å². The largest absolute Gasteiger partial charge is 0.268 e. The summed E-state index contributed by atoms with van der Waals surface area (Å²) in [6.07, 6.45) is 0. The fraction of sp³-hybridized carbons (Fsp3) is 0.381. The van der Waals surface area contributed by atoms with Crippen LogP contribution in [0.4, 0.5) is 11.4 Å². The van der Waals surface area contributed by atoms with Gasteiger partial charge in [-0.2, -0.15) is 0 Å². The number of hydrogen-bond acceptors (Lipinski definition) is 4. The summed E-state index contributed by atoms with van der Waals surface area (Å²) in [7, 11) is 0. The zero-order valence-electron chi connectivity index (χ0n) is 30.3. The van der Waals surface area contributed by atoms with Gasteiger partial charge in [-0.1, -0.05) is 95.2 Å². The molecule has 6 heteroatoms. The van der Waals surface area contributed by atoms with Crippen LogP contribution >= 0.6 is 0 Å². The van der Waals surface area contributed by atoms with Crippen LogP contribution in [-0.4, -0.2) is 23.6 Å².